The van der Waals surface area contributed by atoms with Gasteiger partial charge in [0.15, 0.2) is 0 Å². The van der Waals surface area contributed by atoms with Crippen molar-refractivity contribution in [2.75, 3.05) is 0 Å². The van der Waals surface area contributed by atoms with Crippen molar-refractivity contribution in [1.82, 2.24) is 0 Å². The molecule has 0 radical (unpaired) electrons. The molecule has 0 aliphatic heterocycles. The first-order valence-electron chi connectivity index (χ1n) is 6.98. The number of carboxylic acid groups (broad SMARTS) is 1. The Balaban J connectivity index is 2.22. The summed E-state index contributed by atoms with van der Waals surface area (Å²) in [7, 11) is 0. The van der Waals surface area contributed by atoms with Crippen molar-refractivity contribution < 1.29 is 15.0 Å². The van der Waals surface area contributed by atoms with E-state index < -0.39 is 18.0 Å². The highest BCUT2D eigenvalue weighted by atomic mass is 16.4. The Morgan fingerprint density at radius 2 is 1.68 bits per heavy atom. The van der Waals surface area contributed by atoms with Crippen LogP contribution in [-0.2, 0) is 4.79 Å². The molecule has 0 spiro atoms. The molecule has 3 heteroatoms. The lowest BCUT2D eigenvalue weighted by atomic mass is 9.93. The normalized spacial score (nSPS) is 15.7. The van der Waals surface area contributed by atoms with E-state index in [-0.39, 0.29) is 0 Å². The van der Waals surface area contributed by atoms with Gasteiger partial charge in [-0.15, -0.1) is 0 Å². The average molecular weight is 264 g/mol. The van der Waals surface area contributed by atoms with E-state index in [1.165, 1.54) is 5.56 Å². The van der Waals surface area contributed by atoms with Crippen LogP contribution >= 0.6 is 0 Å². The van der Waals surface area contributed by atoms with Gasteiger partial charge in [0.1, 0.15) is 0 Å². The lowest BCUT2D eigenvalue weighted by molar-refractivity contribution is -0.144. The molecule has 0 saturated heterocycles. The van der Waals surface area contributed by atoms with Crippen molar-refractivity contribution in [3.8, 4) is 0 Å². The van der Waals surface area contributed by atoms with E-state index in [0.29, 0.717) is 12.3 Å². The molecular formula is C16H24O3. The van der Waals surface area contributed by atoms with Crippen LogP contribution in [-0.4, -0.2) is 22.3 Å². The van der Waals surface area contributed by atoms with Crippen LogP contribution in [0.5, 0.6) is 0 Å². The number of hydrogen-bond acceptors (Lipinski definition) is 2. The summed E-state index contributed by atoms with van der Waals surface area (Å²) < 4.78 is 0. The molecule has 0 heterocycles. The predicted molar refractivity (Wildman–Crippen MR) is 76.1 cm³/mol. The van der Waals surface area contributed by atoms with Gasteiger partial charge in [0.2, 0.25) is 0 Å². The Morgan fingerprint density at radius 1 is 1.11 bits per heavy atom. The summed E-state index contributed by atoms with van der Waals surface area (Å²) in [5.41, 5.74) is 1.34. The molecule has 0 aliphatic carbocycles. The Labute approximate surface area is 115 Å². The largest absolute Gasteiger partial charge is 0.481 e. The van der Waals surface area contributed by atoms with Crippen molar-refractivity contribution >= 4 is 5.97 Å². The van der Waals surface area contributed by atoms with Crippen LogP contribution in [0.15, 0.2) is 30.3 Å². The Morgan fingerprint density at radius 3 is 2.26 bits per heavy atom. The topological polar surface area (TPSA) is 57.5 Å². The van der Waals surface area contributed by atoms with Crippen LogP contribution < -0.4 is 0 Å². The third-order valence-electron chi connectivity index (χ3n) is 3.72. The fraction of sp³-hybridized carbons (Fsp3) is 0.562. The fourth-order valence-electron chi connectivity index (χ4n) is 2.17. The monoisotopic (exact) mass is 264 g/mol. The molecule has 0 aromatic heterocycles. The lowest BCUT2D eigenvalue weighted by Gasteiger charge is -2.15. The number of rotatable bonds is 8. The molecule has 0 amide bonds. The molecule has 106 valence electrons. The molecule has 3 unspecified atom stereocenters. The molecule has 1 aromatic rings. The van der Waals surface area contributed by atoms with Gasteiger partial charge in [-0.05, 0) is 31.2 Å². The predicted octanol–water partition coefficient (Wildman–Crippen LogP) is 3.43. The summed E-state index contributed by atoms with van der Waals surface area (Å²) in [6.45, 7) is 3.76. The number of carbonyl (C=O) groups is 1. The van der Waals surface area contributed by atoms with Crippen LogP contribution in [0.3, 0.4) is 0 Å². The number of hydrogen-bond donors (Lipinski definition) is 2. The number of aliphatic hydroxyl groups excluding tert-OH is 1. The molecule has 0 saturated carbocycles. The van der Waals surface area contributed by atoms with Gasteiger partial charge in [-0.2, -0.15) is 0 Å². The molecular weight excluding hydrogens is 240 g/mol. The zero-order chi connectivity index (χ0) is 14.3. The summed E-state index contributed by atoms with van der Waals surface area (Å²) >= 11 is 0. The van der Waals surface area contributed by atoms with Crippen molar-refractivity contribution in [2.24, 2.45) is 5.92 Å². The minimum atomic E-state index is -0.926. The lowest BCUT2D eigenvalue weighted by Crippen LogP contribution is -2.25. The van der Waals surface area contributed by atoms with Crippen molar-refractivity contribution in [3.05, 3.63) is 35.9 Å². The van der Waals surface area contributed by atoms with E-state index in [0.717, 1.165) is 19.3 Å². The number of aliphatic hydroxyl groups is 1. The maximum Gasteiger partial charge on any atom is 0.308 e. The highest BCUT2D eigenvalue weighted by molar-refractivity contribution is 5.70. The fourth-order valence-corrected chi connectivity index (χ4v) is 2.17. The highest BCUT2D eigenvalue weighted by Gasteiger charge is 2.20. The van der Waals surface area contributed by atoms with Gasteiger partial charge < -0.3 is 10.2 Å². The number of benzene rings is 1. The van der Waals surface area contributed by atoms with Gasteiger partial charge in [0.25, 0.3) is 0 Å². The number of carboxylic acids is 1. The first kappa shape index (κ1) is 15.7. The Hall–Kier alpha value is -1.35. The summed E-state index contributed by atoms with van der Waals surface area (Å²) in [6, 6.07) is 10.4. The third-order valence-corrected chi connectivity index (χ3v) is 3.72. The first-order chi connectivity index (χ1) is 9.02. The van der Waals surface area contributed by atoms with Crippen LogP contribution in [0.25, 0.3) is 0 Å². The van der Waals surface area contributed by atoms with Crippen molar-refractivity contribution in [3.63, 3.8) is 0 Å². The highest BCUT2D eigenvalue weighted by Crippen LogP contribution is 2.22. The molecule has 1 rings (SSSR count). The molecule has 3 nitrogen and oxygen atoms in total. The number of unbranched alkanes of at least 4 members (excludes halogenated alkanes) is 1. The van der Waals surface area contributed by atoms with Gasteiger partial charge in [0, 0.05) is 0 Å². The second-order valence-corrected chi connectivity index (χ2v) is 5.29. The molecule has 0 bridgehead atoms. The van der Waals surface area contributed by atoms with Gasteiger partial charge >= 0.3 is 5.97 Å². The van der Waals surface area contributed by atoms with E-state index in [1.807, 2.05) is 18.2 Å². The second-order valence-electron chi connectivity index (χ2n) is 5.29. The van der Waals surface area contributed by atoms with E-state index >= 15 is 0 Å². The summed E-state index contributed by atoms with van der Waals surface area (Å²) in [5.74, 6) is -1.09. The Bertz CT molecular complexity index is 375. The van der Waals surface area contributed by atoms with E-state index in [4.69, 9.17) is 5.11 Å². The molecule has 0 fully saturated rings. The Kier molecular flexibility index (Phi) is 6.57. The maximum atomic E-state index is 10.7. The van der Waals surface area contributed by atoms with Crippen molar-refractivity contribution in [2.45, 2.75) is 51.6 Å². The molecule has 2 N–H and O–H groups in total. The first-order valence-corrected chi connectivity index (χ1v) is 6.98. The third kappa shape index (κ3) is 5.43. The van der Waals surface area contributed by atoms with Crippen molar-refractivity contribution in [1.29, 1.82) is 0 Å². The quantitative estimate of drug-likeness (QED) is 0.707. The minimum absolute atomic E-state index is 0.509. The SMILES string of the molecule is CC(CCCCC(O)C(C)C(=O)O)c1ccccc1. The standard InChI is InChI=1S/C16H24O3/c1-12(14-9-4-3-5-10-14)8-6-7-11-15(17)13(2)16(18)19/h3-5,9-10,12-13,15,17H,6-8,11H2,1-2H3,(H,18,19). The molecule has 19 heavy (non-hydrogen) atoms. The van der Waals surface area contributed by atoms with E-state index in [2.05, 4.69) is 19.1 Å². The molecule has 0 aliphatic rings. The van der Waals surface area contributed by atoms with E-state index in [9.17, 15) is 9.90 Å². The van der Waals surface area contributed by atoms with Gasteiger partial charge in [-0.25, -0.2) is 0 Å². The smallest absolute Gasteiger partial charge is 0.308 e. The van der Waals surface area contributed by atoms with Gasteiger partial charge in [-0.1, -0.05) is 50.1 Å². The zero-order valence-electron chi connectivity index (χ0n) is 11.7. The maximum absolute atomic E-state index is 10.7. The molecule has 1 aromatic carbocycles. The van der Waals surface area contributed by atoms with Crippen LogP contribution in [0.4, 0.5) is 0 Å². The van der Waals surface area contributed by atoms with Gasteiger partial charge in [0.05, 0.1) is 12.0 Å². The minimum Gasteiger partial charge on any atom is -0.481 e. The second kappa shape index (κ2) is 7.95. The van der Waals surface area contributed by atoms with Crippen LogP contribution in [0.2, 0.25) is 0 Å². The summed E-state index contributed by atoms with van der Waals surface area (Å²) in [5, 5.41) is 18.5. The zero-order valence-corrected chi connectivity index (χ0v) is 11.7. The van der Waals surface area contributed by atoms with Crippen LogP contribution in [0.1, 0.15) is 51.0 Å². The van der Waals surface area contributed by atoms with Gasteiger partial charge in [-0.3, -0.25) is 4.79 Å². The molecule has 3 atom stereocenters. The average Bonchev–Trinajstić information content (AvgIpc) is 2.43. The number of aliphatic carboxylic acids is 1. The summed E-state index contributed by atoms with van der Waals surface area (Å²) in [4.78, 5) is 10.7. The van der Waals surface area contributed by atoms with Crippen LogP contribution in [0, 0.1) is 5.92 Å². The summed E-state index contributed by atoms with van der Waals surface area (Å²) in [6.07, 6.45) is 2.78. The van der Waals surface area contributed by atoms with E-state index in [1.54, 1.807) is 6.92 Å².